The van der Waals surface area contributed by atoms with Gasteiger partial charge in [-0.2, -0.15) is 0 Å². The summed E-state index contributed by atoms with van der Waals surface area (Å²) in [5, 5.41) is 0. The van der Waals surface area contributed by atoms with Crippen LogP contribution in [0, 0.1) is 12.3 Å². The molecule has 0 aromatic heterocycles. The molecule has 1 aromatic rings. The summed E-state index contributed by atoms with van der Waals surface area (Å²) < 4.78 is 5.30. The molecule has 0 fully saturated rings. The van der Waals surface area contributed by atoms with E-state index < -0.39 is 0 Å². The van der Waals surface area contributed by atoms with Crippen LogP contribution in [-0.2, 0) is 4.79 Å². The number of hydrogen-bond donors (Lipinski definition) is 0. The van der Waals surface area contributed by atoms with E-state index in [9.17, 15) is 4.79 Å². The number of nitrogens with zero attached hydrogens (tertiary/aromatic N) is 1. The first-order chi connectivity index (χ1) is 8.65. The van der Waals surface area contributed by atoms with Crippen LogP contribution < -0.4 is 9.64 Å². The number of anilines is 1. The maximum absolute atomic E-state index is 11.4. The van der Waals surface area contributed by atoms with Crippen molar-refractivity contribution in [3.8, 4) is 18.1 Å². The summed E-state index contributed by atoms with van der Waals surface area (Å²) in [7, 11) is 0. The van der Waals surface area contributed by atoms with E-state index >= 15 is 0 Å². The van der Waals surface area contributed by atoms with Crippen molar-refractivity contribution in [1.82, 2.24) is 0 Å². The SMILES string of the molecule is C#CCN(CC)c1ccc2c(c1)OC(=O)CC2C. The molecular weight excluding hydrogens is 226 g/mol. The molecule has 0 saturated carbocycles. The van der Waals surface area contributed by atoms with E-state index in [1.165, 1.54) is 0 Å². The highest BCUT2D eigenvalue weighted by Gasteiger charge is 2.24. The van der Waals surface area contributed by atoms with E-state index in [4.69, 9.17) is 11.2 Å². The first-order valence-electron chi connectivity index (χ1n) is 6.18. The van der Waals surface area contributed by atoms with Gasteiger partial charge in [0.05, 0.1) is 13.0 Å². The Hall–Kier alpha value is -1.95. The molecule has 1 aromatic carbocycles. The fraction of sp³-hybridized carbons (Fsp3) is 0.400. The first kappa shape index (κ1) is 12.5. The molecule has 94 valence electrons. The highest BCUT2D eigenvalue weighted by molar-refractivity contribution is 5.77. The van der Waals surface area contributed by atoms with Gasteiger partial charge in [0.2, 0.25) is 0 Å². The molecule has 3 heteroatoms. The van der Waals surface area contributed by atoms with Gasteiger partial charge in [-0.1, -0.05) is 18.9 Å². The number of carbonyl (C=O) groups excluding carboxylic acids is 1. The Morgan fingerprint density at radius 2 is 2.33 bits per heavy atom. The van der Waals surface area contributed by atoms with Gasteiger partial charge in [-0.05, 0) is 24.5 Å². The van der Waals surface area contributed by atoms with Gasteiger partial charge in [0.15, 0.2) is 0 Å². The third kappa shape index (κ3) is 2.33. The second-order valence-corrected chi connectivity index (χ2v) is 4.52. The lowest BCUT2D eigenvalue weighted by Crippen LogP contribution is -2.24. The van der Waals surface area contributed by atoms with Gasteiger partial charge in [0, 0.05) is 18.3 Å². The average Bonchev–Trinajstić information content (AvgIpc) is 2.35. The van der Waals surface area contributed by atoms with E-state index in [0.29, 0.717) is 18.7 Å². The Balaban J connectivity index is 2.34. The second kappa shape index (κ2) is 5.14. The average molecular weight is 243 g/mol. The summed E-state index contributed by atoms with van der Waals surface area (Å²) >= 11 is 0. The summed E-state index contributed by atoms with van der Waals surface area (Å²) in [6.45, 7) is 5.47. The monoisotopic (exact) mass is 243 g/mol. The number of terminal acetylenes is 1. The van der Waals surface area contributed by atoms with Gasteiger partial charge in [0.1, 0.15) is 5.75 Å². The standard InChI is InChI=1S/C15H17NO2/c1-4-8-16(5-2)12-6-7-13-11(3)9-15(17)18-14(13)10-12/h1,6-7,10-11H,5,8-9H2,2-3H3. The molecule has 1 aliphatic heterocycles. The van der Waals surface area contributed by atoms with Crippen LogP contribution in [0.1, 0.15) is 31.7 Å². The molecule has 0 radical (unpaired) electrons. The van der Waals surface area contributed by atoms with Crippen molar-refractivity contribution in [1.29, 1.82) is 0 Å². The minimum atomic E-state index is -0.160. The molecule has 1 unspecified atom stereocenters. The quantitative estimate of drug-likeness (QED) is 0.464. The molecule has 0 spiro atoms. The zero-order valence-corrected chi connectivity index (χ0v) is 10.8. The Morgan fingerprint density at radius 1 is 1.56 bits per heavy atom. The summed E-state index contributed by atoms with van der Waals surface area (Å²) in [6, 6.07) is 5.97. The smallest absolute Gasteiger partial charge is 0.311 e. The molecule has 1 aliphatic rings. The minimum Gasteiger partial charge on any atom is -0.426 e. The number of rotatable bonds is 3. The Morgan fingerprint density at radius 3 is 3.00 bits per heavy atom. The predicted octanol–water partition coefficient (Wildman–Crippen LogP) is 2.56. The molecule has 0 amide bonds. The van der Waals surface area contributed by atoms with Crippen molar-refractivity contribution in [2.45, 2.75) is 26.2 Å². The molecule has 0 N–H and O–H groups in total. The highest BCUT2D eigenvalue weighted by atomic mass is 16.5. The molecule has 3 nitrogen and oxygen atoms in total. The van der Waals surface area contributed by atoms with Crippen LogP contribution in [0.15, 0.2) is 18.2 Å². The number of esters is 1. The van der Waals surface area contributed by atoms with Gasteiger partial charge in [-0.25, -0.2) is 0 Å². The van der Waals surface area contributed by atoms with E-state index in [0.717, 1.165) is 17.8 Å². The summed E-state index contributed by atoms with van der Waals surface area (Å²) in [6.07, 6.45) is 5.80. The maximum atomic E-state index is 11.4. The lowest BCUT2D eigenvalue weighted by molar-refractivity contribution is -0.135. The zero-order valence-electron chi connectivity index (χ0n) is 10.8. The Kier molecular flexibility index (Phi) is 3.57. The zero-order chi connectivity index (χ0) is 13.1. The van der Waals surface area contributed by atoms with E-state index in [2.05, 4.69) is 10.8 Å². The largest absolute Gasteiger partial charge is 0.426 e. The van der Waals surface area contributed by atoms with Crippen LogP contribution in [-0.4, -0.2) is 19.1 Å². The third-order valence-corrected chi connectivity index (χ3v) is 3.25. The fourth-order valence-electron chi connectivity index (χ4n) is 2.24. The topological polar surface area (TPSA) is 29.5 Å². The van der Waals surface area contributed by atoms with Crippen molar-refractivity contribution < 1.29 is 9.53 Å². The van der Waals surface area contributed by atoms with Crippen molar-refractivity contribution >= 4 is 11.7 Å². The molecule has 18 heavy (non-hydrogen) atoms. The summed E-state index contributed by atoms with van der Waals surface area (Å²) in [5.74, 6) is 3.37. The van der Waals surface area contributed by atoms with Gasteiger partial charge in [-0.15, -0.1) is 6.42 Å². The van der Waals surface area contributed by atoms with Gasteiger partial charge < -0.3 is 9.64 Å². The van der Waals surface area contributed by atoms with E-state index in [1.54, 1.807) is 0 Å². The lowest BCUT2D eigenvalue weighted by Gasteiger charge is -2.25. The molecule has 0 aliphatic carbocycles. The predicted molar refractivity (Wildman–Crippen MR) is 71.8 cm³/mol. The van der Waals surface area contributed by atoms with Crippen LogP contribution >= 0.6 is 0 Å². The summed E-state index contributed by atoms with van der Waals surface area (Å²) in [5.41, 5.74) is 2.09. The van der Waals surface area contributed by atoms with Crippen molar-refractivity contribution in [2.75, 3.05) is 18.0 Å². The van der Waals surface area contributed by atoms with Crippen LogP contribution in [0.2, 0.25) is 0 Å². The number of benzene rings is 1. The Bertz CT molecular complexity index is 502. The third-order valence-electron chi connectivity index (χ3n) is 3.25. The van der Waals surface area contributed by atoms with Crippen molar-refractivity contribution in [2.24, 2.45) is 0 Å². The number of ether oxygens (including phenoxy) is 1. The van der Waals surface area contributed by atoms with Gasteiger partial charge in [0.25, 0.3) is 0 Å². The lowest BCUT2D eigenvalue weighted by atomic mass is 9.94. The number of hydrogen-bond acceptors (Lipinski definition) is 3. The van der Waals surface area contributed by atoms with Crippen LogP contribution in [0.4, 0.5) is 5.69 Å². The fourth-order valence-corrected chi connectivity index (χ4v) is 2.24. The summed E-state index contributed by atoms with van der Waals surface area (Å²) in [4.78, 5) is 13.5. The van der Waals surface area contributed by atoms with E-state index in [-0.39, 0.29) is 11.9 Å². The molecule has 1 atom stereocenters. The van der Waals surface area contributed by atoms with E-state index in [1.807, 2.05) is 32.0 Å². The maximum Gasteiger partial charge on any atom is 0.311 e. The van der Waals surface area contributed by atoms with Gasteiger partial charge >= 0.3 is 5.97 Å². The molecule has 2 rings (SSSR count). The van der Waals surface area contributed by atoms with Crippen LogP contribution in [0.3, 0.4) is 0 Å². The molecule has 1 heterocycles. The number of carbonyl (C=O) groups is 1. The van der Waals surface area contributed by atoms with Crippen LogP contribution in [0.5, 0.6) is 5.75 Å². The second-order valence-electron chi connectivity index (χ2n) is 4.52. The van der Waals surface area contributed by atoms with Crippen LogP contribution in [0.25, 0.3) is 0 Å². The number of fused-ring (bicyclic) bond motifs is 1. The Labute approximate surface area is 108 Å². The highest BCUT2D eigenvalue weighted by Crippen LogP contribution is 2.36. The van der Waals surface area contributed by atoms with Gasteiger partial charge in [-0.3, -0.25) is 4.79 Å². The molecule has 0 bridgehead atoms. The normalized spacial score (nSPS) is 17.6. The minimum absolute atomic E-state index is 0.160. The molecule has 0 saturated heterocycles. The first-order valence-corrected chi connectivity index (χ1v) is 6.18. The molecular formula is C15H17NO2. The van der Waals surface area contributed by atoms with Crippen molar-refractivity contribution in [3.05, 3.63) is 23.8 Å². The van der Waals surface area contributed by atoms with Crippen molar-refractivity contribution in [3.63, 3.8) is 0 Å².